The maximum Gasteiger partial charge on any atom is 0.123 e. The van der Waals surface area contributed by atoms with Gasteiger partial charge in [0.2, 0.25) is 0 Å². The number of hydrogen-bond acceptors (Lipinski definition) is 3. The van der Waals surface area contributed by atoms with Crippen LogP contribution < -0.4 is 0 Å². The Balaban J connectivity index is 2.15. The van der Waals surface area contributed by atoms with Crippen LogP contribution in [-0.4, -0.2) is 15.1 Å². The zero-order valence-electron chi connectivity index (χ0n) is 10.9. The lowest BCUT2D eigenvalue weighted by Gasteiger charge is -2.15. The highest BCUT2D eigenvalue weighted by molar-refractivity contribution is 5.78. The number of hydrogen-bond donors (Lipinski definition) is 1. The van der Waals surface area contributed by atoms with Crippen molar-refractivity contribution in [2.75, 3.05) is 0 Å². The standard InChI is InChI=1S/C16H13FN2O/c1-10-9-11(17)5-6-12(10)16(20)13-3-2-4-14-15(13)19-8-7-18-14/h2-9,16,20H,1H3. The molecule has 0 spiro atoms. The molecule has 0 bridgehead atoms. The van der Waals surface area contributed by atoms with Crippen LogP contribution in [0.3, 0.4) is 0 Å². The number of nitrogens with zero attached hydrogens (tertiary/aromatic N) is 2. The van der Waals surface area contributed by atoms with Crippen LogP contribution in [0, 0.1) is 12.7 Å². The van der Waals surface area contributed by atoms with Crippen molar-refractivity contribution in [1.82, 2.24) is 9.97 Å². The lowest BCUT2D eigenvalue weighted by molar-refractivity contribution is 0.221. The third kappa shape index (κ3) is 2.14. The molecule has 1 atom stereocenters. The number of aliphatic hydroxyl groups excluding tert-OH is 1. The smallest absolute Gasteiger partial charge is 0.123 e. The van der Waals surface area contributed by atoms with Crippen molar-refractivity contribution in [2.24, 2.45) is 0 Å². The topological polar surface area (TPSA) is 46.0 Å². The second kappa shape index (κ2) is 4.98. The van der Waals surface area contributed by atoms with Crippen molar-refractivity contribution >= 4 is 11.0 Å². The molecule has 0 aliphatic heterocycles. The van der Waals surface area contributed by atoms with Gasteiger partial charge in [0.05, 0.1) is 11.0 Å². The Morgan fingerprint density at radius 2 is 1.85 bits per heavy atom. The van der Waals surface area contributed by atoms with Crippen LogP contribution in [0.1, 0.15) is 22.8 Å². The van der Waals surface area contributed by atoms with Crippen molar-refractivity contribution < 1.29 is 9.50 Å². The number of halogens is 1. The molecular formula is C16H13FN2O. The fraction of sp³-hybridized carbons (Fsp3) is 0.125. The van der Waals surface area contributed by atoms with Crippen LogP contribution in [-0.2, 0) is 0 Å². The average Bonchev–Trinajstić information content (AvgIpc) is 2.46. The number of rotatable bonds is 2. The number of aliphatic hydroxyl groups is 1. The Hall–Kier alpha value is -2.33. The number of fused-ring (bicyclic) bond motifs is 1. The van der Waals surface area contributed by atoms with Crippen LogP contribution in [0.4, 0.5) is 4.39 Å². The van der Waals surface area contributed by atoms with E-state index in [4.69, 9.17) is 0 Å². The van der Waals surface area contributed by atoms with Crippen LogP contribution in [0.15, 0.2) is 48.8 Å². The second-order valence-corrected chi connectivity index (χ2v) is 4.67. The van der Waals surface area contributed by atoms with Gasteiger partial charge in [-0.05, 0) is 36.2 Å². The molecule has 3 nitrogen and oxygen atoms in total. The molecule has 0 saturated heterocycles. The van der Waals surface area contributed by atoms with Gasteiger partial charge < -0.3 is 5.11 Å². The van der Waals surface area contributed by atoms with Crippen molar-refractivity contribution in [1.29, 1.82) is 0 Å². The van der Waals surface area contributed by atoms with E-state index in [1.54, 1.807) is 25.4 Å². The number of benzene rings is 2. The first kappa shape index (κ1) is 12.7. The second-order valence-electron chi connectivity index (χ2n) is 4.67. The molecule has 0 saturated carbocycles. The first-order valence-electron chi connectivity index (χ1n) is 6.30. The van der Waals surface area contributed by atoms with Gasteiger partial charge in [-0.15, -0.1) is 0 Å². The molecule has 1 N–H and O–H groups in total. The number of aryl methyl sites for hydroxylation is 1. The fourth-order valence-corrected chi connectivity index (χ4v) is 2.35. The minimum Gasteiger partial charge on any atom is -0.384 e. The molecule has 0 radical (unpaired) electrons. The molecule has 4 heteroatoms. The van der Waals surface area contributed by atoms with Crippen molar-refractivity contribution in [3.63, 3.8) is 0 Å². The summed E-state index contributed by atoms with van der Waals surface area (Å²) in [6.45, 7) is 1.78. The van der Waals surface area contributed by atoms with Gasteiger partial charge >= 0.3 is 0 Å². The fourth-order valence-electron chi connectivity index (χ4n) is 2.35. The maximum absolute atomic E-state index is 13.2. The molecule has 100 valence electrons. The minimum atomic E-state index is -0.851. The van der Waals surface area contributed by atoms with Gasteiger partial charge in [0.15, 0.2) is 0 Å². The molecule has 1 aromatic heterocycles. The zero-order valence-corrected chi connectivity index (χ0v) is 10.9. The highest BCUT2D eigenvalue weighted by Crippen LogP contribution is 2.29. The van der Waals surface area contributed by atoms with Crippen molar-refractivity contribution in [3.05, 3.63) is 71.3 Å². The molecule has 0 aliphatic rings. The summed E-state index contributed by atoms with van der Waals surface area (Å²) in [5, 5.41) is 10.6. The van der Waals surface area contributed by atoms with Gasteiger partial charge in [-0.25, -0.2) is 4.39 Å². The Morgan fingerprint density at radius 3 is 2.65 bits per heavy atom. The molecule has 1 unspecified atom stereocenters. The van der Waals surface area contributed by atoms with Gasteiger partial charge in [-0.3, -0.25) is 9.97 Å². The summed E-state index contributed by atoms with van der Waals surface area (Å²) < 4.78 is 13.2. The van der Waals surface area contributed by atoms with E-state index in [0.29, 0.717) is 22.2 Å². The van der Waals surface area contributed by atoms with Gasteiger partial charge in [0, 0.05) is 18.0 Å². The number of aromatic nitrogens is 2. The molecule has 0 fully saturated rings. The van der Waals surface area contributed by atoms with Gasteiger partial charge in [0.25, 0.3) is 0 Å². The summed E-state index contributed by atoms with van der Waals surface area (Å²) in [5.74, 6) is -0.309. The first-order valence-corrected chi connectivity index (χ1v) is 6.30. The Kier molecular flexibility index (Phi) is 3.16. The van der Waals surface area contributed by atoms with E-state index in [9.17, 15) is 9.50 Å². The Labute approximate surface area is 115 Å². The third-order valence-electron chi connectivity index (χ3n) is 3.35. The van der Waals surface area contributed by atoms with E-state index in [0.717, 1.165) is 5.52 Å². The zero-order chi connectivity index (χ0) is 14.1. The molecule has 2 aromatic carbocycles. The van der Waals surface area contributed by atoms with Crippen molar-refractivity contribution in [2.45, 2.75) is 13.0 Å². The van der Waals surface area contributed by atoms with E-state index in [1.807, 2.05) is 18.2 Å². The van der Waals surface area contributed by atoms with E-state index in [2.05, 4.69) is 9.97 Å². The largest absolute Gasteiger partial charge is 0.384 e. The van der Waals surface area contributed by atoms with E-state index < -0.39 is 6.10 Å². The summed E-state index contributed by atoms with van der Waals surface area (Å²) in [6.07, 6.45) is 2.36. The predicted molar refractivity (Wildman–Crippen MR) is 74.7 cm³/mol. The molecule has 0 amide bonds. The Morgan fingerprint density at radius 1 is 1.05 bits per heavy atom. The maximum atomic E-state index is 13.2. The molecule has 0 aliphatic carbocycles. The van der Waals surface area contributed by atoms with Crippen molar-refractivity contribution in [3.8, 4) is 0 Å². The van der Waals surface area contributed by atoms with E-state index in [-0.39, 0.29) is 5.82 Å². The quantitative estimate of drug-likeness (QED) is 0.776. The molecule has 3 aromatic rings. The predicted octanol–water partition coefficient (Wildman–Crippen LogP) is 3.16. The molecule has 3 rings (SSSR count). The molecule has 1 heterocycles. The van der Waals surface area contributed by atoms with E-state index in [1.165, 1.54) is 12.1 Å². The van der Waals surface area contributed by atoms with Crippen LogP contribution in [0.5, 0.6) is 0 Å². The van der Waals surface area contributed by atoms with Crippen LogP contribution >= 0.6 is 0 Å². The summed E-state index contributed by atoms with van der Waals surface area (Å²) in [6, 6.07) is 9.84. The SMILES string of the molecule is Cc1cc(F)ccc1C(O)c1cccc2nccnc12. The highest BCUT2D eigenvalue weighted by Gasteiger charge is 2.16. The van der Waals surface area contributed by atoms with E-state index >= 15 is 0 Å². The minimum absolute atomic E-state index is 0.309. The van der Waals surface area contributed by atoms with Gasteiger partial charge in [-0.2, -0.15) is 0 Å². The highest BCUT2D eigenvalue weighted by atomic mass is 19.1. The average molecular weight is 268 g/mol. The monoisotopic (exact) mass is 268 g/mol. The third-order valence-corrected chi connectivity index (χ3v) is 3.35. The summed E-state index contributed by atoms with van der Waals surface area (Å²) in [4.78, 5) is 8.50. The summed E-state index contributed by atoms with van der Waals surface area (Å²) in [5.41, 5.74) is 3.43. The molecule has 20 heavy (non-hydrogen) atoms. The lowest BCUT2D eigenvalue weighted by Crippen LogP contribution is -2.04. The summed E-state index contributed by atoms with van der Waals surface area (Å²) in [7, 11) is 0. The number of para-hydroxylation sites is 1. The first-order chi connectivity index (χ1) is 9.66. The van der Waals surface area contributed by atoms with Gasteiger partial charge in [0.1, 0.15) is 11.9 Å². The normalized spacial score (nSPS) is 12.6. The van der Waals surface area contributed by atoms with Crippen LogP contribution in [0.25, 0.3) is 11.0 Å². The van der Waals surface area contributed by atoms with Crippen LogP contribution in [0.2, 0.25) is 0 Å². The molecular weight excluding hydrogens is 255 g/mol. The van der Waals surface area contributed by atoms with Gasteiger partial charge in [-0.1, -0.05) is 18.2 Å². The lowest BCUT2D eigenvalue weighted by atomic mass is 9.96. The summed E-state index contributed by atoms with van der Waals surface area (Å²) >= 11 is 0. The Bertz CT molecular complexity index is 768.